The van der Waals surface area contributed by atoms with Crippen molar-refractivity contribution in [2.24, 2.45) is 0 Å². The highest BCUT2D eigenvalue weighted by atomic mass is 16.2. The molecule has 4 nitrogen and oxygen atoms in total. The topological polar surface area (TPSA) is 54.0 Å². The number of hydrogen-bond acceptors (Lipinski definition) is 3. The van der Waals surface area contributed by atoms with E-state index in [0.717, 1.165) is 12.0 Å². The zero-order valence-electron chi connectivity index (χ0n) is 12.6. The Kier molecular flexibility index (Phi) is 5.48. The molecule has 1 amide bonds. The Morgan fingerprint density at radius 2 is 2.16 bits per heavy atom. The van der Waals surface area contributed by atoms with Crippen molar-refractivity contribution < 1.29 is 4.79 Å². The number of amides is 1. The lowest BCUT2D eigenvalue weighted by Crippen LogP contribution is -2.50. The summed E-state index contributed by atoms with van der Waals surface area (Å²) < 4.78 is 0. The van der Waals surface area contributed by atoms with Gasteiger partial charge in [-0.1, -0.05) is 6.92 Å². The Bertz CT molecular complexity index is 429. The van der Waals surface area contributed by atoms with Crippen molar-refractivity contribution in [3.63, 3.8) is 0 Å². The summed E-state index contributed by atoms with van der Waals surface area (Å²) in [5.41, 5.74) is 2.15. The molecule has 0 bridgehead atoms. The first-order valence-corrected chi connectivity index (χ1v) is 6.80. The van der Waals surface area contributed by atoms with Crippen LogP contribution in [0.5, 0.6) is 0 Å². The van der Waals surface area contributed by atoms with Crippen molar-refractivity contribution >= 4 is 5.91 Å². The van der Waals surface area contributed by atoms with E-state index in [-0.39, 0.29) is 17.5 Å². The van der Waals surface area contributed by atoms with Crippen LogP contribution in [-0.4, -0.2) is 22.5 Å². The third-order valence-electron chi connectivity index (χ3n) is 3.47. The lowest BCUT2D eigenvalue weighted by Gasteiger charge is -2.26. The predicted molar refractivity (Wildman–Crippen MR) is 77.8 cm³/mol. The van der Waals surface area contributed by atoms with Crippen LogP contribution < -0.4 is 10.6 Å². The molecule has 0 fully saturated rings. The first-order chi connectivity index (χ1) is 8.85. The molecule has 0 aliphatic rings. The molecular weight excluding hydrogens is 238 g/mol. The van der Waals surface area contributed by atoms with Gasteiger partial charge in [-0.3, -0.25) is 9.78 Å². The van der Waals surface area contributed by atoms with Crippen LogP contribution in [0.25, 0.3) is 0 Å². The number of aryl methyl sites for hydroxylation is 1. The van der Waals surface area contributed by atoms with Gasteiger partial charge in [-0.15, -0.1) is 0 Å². The summed E-state index contributed by atoms with van der Waals surface area (Å²) in [4.78, 5) is 16.1. The van der Waals surface area contributed by atoms with Gasteiger partial charge in [0.05, 0.1) is 6.04 Å². The number of nitrogens with one attached hydrogen (secondary N) is 2. The monoisotopic (exact) mass is 263 g/mol. The van der Waals surface area contributed by atoms with E-state index in [1.54, 1.807) is 6.20 Å². The SMILES string of the molecule is CCC(C)(C)NC(=O)C(C)NCc1ccncc1C. The molecule has 1 unspecified atom stereocenters. The van der Waals surface area contributed by atoms with E-state index < -0.39 is 0 Å². The number of pyridine rings is 1. The van der Waals surface area contributed by atoms with Gasteiger partial charge >= 0.3 is 0 Å². The minimum Gasteiger partial charge on any atom is -0.350 e. The average Bonchev–Trinajstić information content (AvgIpc) is 2.37. The third kappa shape index (κ3) is 4.99. The van der Waals surface area contributed by atoms with E-state index in [4.69, 9.17) is 0 Å². The molecular formula is C15H25N3O. The van der Waals surface area contributed by atoms with Crippen molar-refractivity contribution in [1.29, 1.82) is 0 Å². The van der Waals surface area contributed by atoms with E-state index >= 15 is 0 Å². The Morgan fingerprint density at radius 3 is 2.74 bits per heavy atom. The number of hydrogen-bond donors (Lipinski definition) is 2. The van der Waals surface area contributed by atoms with Gasteiger partial charge in [0.1, 0.15) is 0 Å². The predicted octanol–water partition coefficient (Wildman–Crippen LogP) is 2.17. The van der Waals surface area contributed by atoms with Crippen LogP contribution in [0.15, 0.2) is 18.5 Å². The third-order valence-corrected chi connectivity index (χ3v) is 3.47. The molecule has 0 saturated heterocycles. The van der Waals surface area contributed by atoms with Gasteiger partial charge in [-0.05, 0) is 51.3 Å². The molecule has 4 heteroatoms. The van der Waals surface area contributed by atoms with E-state index in [2.05, 4.69) is 22.5 Å². The highest BCUT2D eigenvalue weighted by molar-refractivity contribution is 5.81. The van der Waals surface area contributed by atoms with Crippen molar-refractivity contribution in [1.82, 2.24) is 15.6 Å². The molecule has 1 heterocycles. The first kappa shape index (κ1) is 15.6. The maximum atomic E-state index is 12.0. The van der Waals surface area contributed by atoms with E-state index in [0.29, 0.717) is 6.54 Å². The molecule has 2 N–H and O–H groups in total. The van der Waals surface area contributed by atoms with Gasteiger partial charge in [0.15, 0.2) is 0 Å². The first-order valence-electron chi connectivity index (χ1n) is 6.80. The number of carbonyl (C=O) groups is 1. The smallest absolute Gasteiger partial charge is 0.237 e. The maximum Gasteiger partial charge on any atom is 0.237 e. The largest absolute Gasteiger partial charge is 0.350 e. The molecule has 1 aromatic rings. The summed E-state index contributed by atoms with van der Waals surface area (Å²) in [7, 11) is 0. The standard InChI is InChI=1S/C15H25N3O/c1-6-15(4,5)18-14(19)12(3)17-10-13-7-8-16-9-11(13)2/h7-9,12,17H,6,10H2,1-5H3,(H,18,19). The Hall–Kier alpha value is -1.42. The lowest BCUT2D eigenvalue weighted by atomic mass is 10.0. The summed E-state index contributed by atoms with van der Waals surface area (Å²) >= 11 is 0. The molecule has 19 heavy (non-hydrogen) atoms. The van der Waals surface area contributed by atoms with Crippen LogP contribution >= 0.6 is 0 Å². The van der Waals surface area contributed by atoms with Crippen LogP contribution in [0.2, 0.25) is 0 Å². The van der Waals surface area contributed by atoms with Crippen molar-refractivity contribution in [3.05, 3.63) is 29.6 Å². The Morgan fingerprint density at radius 1 is 1.47 bits per heavy atom. The summed E-state index contributed by atoms with van der Waals surface area (Å²) in [5.74, 6) is 0.0403. The van der Waals surface area contributed by atoms with Gasteiger partial charge in [-0.2, -0.15) is 0 Å². The number of aromatic nitrogens is 1. The quantitative estimate of drug-likeness (QED) is 0.827. The second-order valence-corrected chi connectivity index (χ2v) is 5.63. The summed E-state index contributed by atoms with van der Waals surface area (Å²) in [6, 6.07) is 1.77. The average molecular weight is 263 g/mol. The Balaban J connectivity index is 2.50. The molecule has 0 aliphatic heterocycles. The highest BCUT2D eigenvalue weighted by Gasteiger charge is 2.21. The van der Waals surface area contributed by atoms with Gasteiger partial charge in [0, 0.05) is 24.5 Å². The zero-order valence-corrected chi connectivity index (χ0v) is 12.6. The van der Waals surface area contributed by atoms with Crippen LogP contribution in [-0.2, 0) is 11.3 Å². The van der Waals surface area contributed by atoms with Gasteiger partial charge in [0.2, 0.25) is 5.91 Å². The fraction of sp³-hybridized carbons (Fsp3) is 0.600. The van der Waals surface area contributed by atoms with Gasteiger partial charge < -0.3 is 10.6 Å². The normalized spacial score (nSPS) is 13.1. The minimum atomic E-state index is -0.210. The van der Waals surface area contributed by atoms with Crippen LogP contribution in [0, 0.1) is 6.92 Å². The minimum absolute atomic E-state index is 0.0403. The molecule has 0 spiro atoms. The molecule has 0 radical (unpaired) electrons. The lowest BCUT2D eigenvalue weighted by molar-refractivity contribution is -0.124. The van der Waals surface area contributed by atoms with E-state index in [1.807, 2.05) is 40.0 Å². The molecule has 0 aliphatic carbocycles. The fourth-order valence-corrected chi connectivity index (χ4v) is 1.59. The van der Waals surface area contributed by atoms with Gasteiger partial charge in [0.25, 0.3) is 0 Å². The summed E-state index contributed by atoms with van der Waals surface area (Å²) in [6.45, 7) is 10.7. The van der Waals surface area contributed by atoms with Crippen LogP contribution in [0.3, 0.4) is 0 Å². The van der Waals surface area contributed by atoms with Crippen LogP contribution in [0.4, 0.5) is 0 Å². The number of carbonyl (C=O) groups excluding carboxylic acids is 1. The maximum absolute atomic E-state index is 12.0. The molecule has 1 rings (SSSR count). The molecule has 106 valence electrons. The fourth-order valence-electron chi connectivity index (χ4n) is 1.59. The second kappa shape index (κ2) is 6.66. The Labute approximate surface area is 116 Å². The molecule has 0 saturated carbocycles. The molecule has 0 aromatic carbocycles. The van der Waals surface area contributed by atoms with Crippen molar-refractivity contribution in [3.8, 4) is 0 Å². The summed E-state index contributed by atoms with van der Waals surface area (Å²) in [5, 5.41) is 6.29. The molecule has 1 atom stereocenters. The van der Waals surface area contributed by atoms with Crippen LogP contribution in [0.1, 0.15) is 45.2 Å². The molecule has 1 aromatic heterocycles. The second-order valence-electron chi connectivity index (χ2n) is 5.63. The van der Waals surface area contributed by atoms with E-state index in [9.17, 15) is 4.79 Å². The highest BCUT2D eigenvalue weighted by Crippen LogP contribution is 2.08. The number of nitrogens with zero attached hydrogens (tertiary/aromatic N) is 1. The zero-order chi connectivity index (χ0) is 14.5. The number of rotatable bonds is 6. The van der Waals surface area contributed by atoms with Crippen molar-refractivity contribution in [2.45, 2.75) is 59.2 Å². The van der Waals surface area contributed by atoms with E-state index in [1.165, 1.54) is 5.56 Å². The van der Waals surface area contributed by atoms with Crippen molar-refractivity contribution in [2.75, 3.05) is 0 Å². The summed E-state index contributed by atoms with van der Waals surface area (Å²) in [6.07, 6.45) is 4.52. The van der Waals surface area contributed by atoms with Gasteiger partial charge in [-0.25, -0.2) is 0 Å².